The number of ketones is 1. The van der Waals surface area contributed by atoms with E-state index in [0.717, 1.165) is 30.7 Å². The van der Waals surface area contributed by atoms with E-state index in [1.807, 2.05) is 25.1 Å². The maximum atomic E-state index is 12.5. The number of likely N-dealkylation sites (N-methyl/N-ethyl adjacent to an activating group) is 1. The number of carbonyl (C=O) groups is 1. The fourth-order valence-corrected chi connectivity index (χ4v) is 4.37. The van der Waals surface area contributed by atoms with Gasteiger partial charge < -0.3 is 14.9 Å². The van der Waals surface area contributed by atoms with Gasteiger partial charge in [0.05, 0.1) is 17.4 Å². The standard InChI is InChI=1S/C22H29N5O2/c1-15-8-16(9-18(28)10-19(29)14-26(2)3)13-27(12-15)20-5-4-17(11-23)21-22(20)25-7-6-24-21/h4-7,15-16,19,29H,8-10,12-14H2,1-3H3/t15-,16-,19+/m0/s1. The highest BCUT2D eigenvalue weighted by Gasteiger charge is 2.28. The number of piperidine rings is 1. The van der Waals surface area contributed by atoms with Crippen molar-refractivity contribution in [2.24, 2.45) is 11.8 Å². The minimum Gasteiger partial charge on any atom is -0.391 e. The molecule has 1 aromatic carbocycles. The van der Waals surface area contributed by atoms with Crippen LogP contribution in [0, 0.1) is 23.2 Å². The summed E-state index contributed by atoms with van der Waals surface area (Å²) in [6.45, 7) is 4.33. The maximum Gasteiger partial charge on any atom is 0.135 e. The lowest BCUT2D eigenvalue weighted by Gasteiger charge is -2.38. The van der Waals surface area contributed by atoms with Crippen molar-refractivity contribution in [1.82, 2.24) is 14.9 Å². The van der Waals surface area contributed by atoms with Crippen LogP contribution in [0.3, 0.4) is 0 Å². The second-order valence-electron chi connectivity index (χ2n) is 8.47. The number of benzene rings is 1. The number of nitriles is 1. The van der Waals surface area contributed by atoms with E-state index in [0.29, 0.717) is 30.0 Å². The molecule has 1 saturated heterocycles. The average molecular weight is 396 g/mol. The summed E-state index contributed by atoms with van der Waals surface area (Å²) in [7, 11) is 3.78. The summed E-state index contributed by atoms with van der Waals surface area (Å²) < 4.78 is 0. The molecule has 0 bridgehead atoms. The Hall–Kier alpha value is -2.56. The summed E-state index contributed by atoms with van der Waals surface area (Å²) in [5, 5.41) is 19.4. The van der Waals surface area contributed by atoms with Crippen LogP contribution in [0.5, 0.6) is 0 Å². The zero-order valence-corrected chi connectivity index (χ0v) is 17.4. The highest BCUT2D eigenvalue weighted by molar-refractivity contribution is 5.92. The van der Waals surface area contributed by atoms with Gasteiger partial charge in [-0.3, -0.25) is 14.8 Å². The number of hydrogen-bond acceptors (Lipinski definition) is 7. The van der Waals surface area contributed by atoms with Crippen molar-refractivity contribution in [2.75, 3.05) is 38.6 Å². The lowest BCUT2D eigenvalue weighted by atomic mass is 9.86. The Labute approximate surface area is 172 Å². The number of anilines is 1. The minimum atomic E-state index is -0.618. The minimum absolute atomic E-state index is 0.114. The molecular weight excluding hydrogens is 366 g/mol. The molecule has 0 unspecified atom stereocenters. The first-order chi connectivity index (χ1) is 13.9. The van der Waals surface area contributed by atoms with E-state index in [2.05, 4.69) is 27.9 Å². The lowest BCUT2D eigenvalue weighted by molar-refractivity contribution is -0.122. The quantitative estimate of drug-likeness (QED) is 0.768. The average Bonchev–Trinajstić information content (AvgIpc) is 2.65. The fraction of sp³-hybridized carbons (Fsp3) is 0.545. The number of rotatable bonds is 7. The molecule has 1 fully saturated rings. The highest BCUT2D eigenvalue weighted by atomic mass is 16.3. The number of fused-ring (bicyclic) bond motifs is 1. The Morgan fingerprint density at radius 2 is 2.03 bits per heavy atom. The van der Waals surface area contributed by atoms with Crippen LogP contribution in [0.2, 0.25) is 0 Å². The summed E-state index contributed by atoms with van der Waals surface area (Å²) >= 11 is 0. The number of aromatic nitrogens is 2. The van der Waals surface area contributed by atoms with Crippen molar-refractivity contribution in [3.05, 3.63) is 30.1 Å². The normalized spacial score (nSPS) is 20.6. The predicted molar refractivity (Wildman–Crippen MR) is 113 cm³/mol. The third-order valence-corrected chi connectivity index (χ3v) is 5.37. The van der Waals surface area contributed by atoms with Gasteiger partial charge in [0.2, 0.25) is 0 Å². The summed E-state index contributed by atoms with van der Waals surface area (Å²) in [6.07, 6.45) is 4.30. The SMILES string of the molecule is C[C@H]1C[C@@H](CC(=O)C[C@@H](O)CN(C)C)CN(c2ccc(C#N)c3nccnc23)C1. The summed E-state index contributed by atoms with van der Waals surface area (Å²) in [6, 6.07) is 5.92. The second kappa shape index (κ2) is 9.29. The Bertz CT molecular complexity index is 908. The van der Waals surface area contributed by atoms with Crippen molar-refractivity contribution in [2.45, 2.75) is 32.3 Å². The third kappa shape index (κ3) is 5.28. The molecule has 1 N–H and O–H groups in total. The van der Waals surface area contributed by atoms with E-state index in [9.17, 15) is 15.2 Å². The topological polar surface area (TPSA) is 93.3 Å². The zero-order chi connectivity index (χ0) is 21.0. The maximum absolute atomic E-state index is 12.5. The fourth-order valence-electron chi connectivity index (χ4n) is 4.37. The molecule has 7 heteroatoms. The molecule has 1 aliphatic heterocycles. The van der Waals surface area contributed by atoms with Crippen molar-refractivity contribution in [3.8, 4) is 6.07 Å². The molecule has 3 rings (SSSR count). The van der Waals surface area contributed by atoms with Gasteiger partial charge >= 0.3 is 0 Å². The van der Waals surface area contributed by atoms with Crippen LogP contribution in [0.4, 0.5) is 5.69 Å². The van der Waals surface area contributed by atoms with Gasteiger partial charge in [-0.15, -0.1) is 0 Å². The van der Waals surface area contributed by atoms with Gasteiger partial charge in [-0.2, -0.15) is 5.26 Å². The van der Waals surface area contributed by atoms with Gasteiger partial charge in [-0.1, -0.05) is 6.92 Å². The number of nitrogens with zero attached hydrogens (tertiary/aromatic N) is 5. The molecule has 3 atom stereocenters. The van der Waals surface area contributed by atoms with Gasteiger partial charge in [0.1, 0.15) is 22.9 Å². The molecule has 29 heavy (non-hydrogen) atoms. The van der Waals surface area contributed by atoms with Gasteiger partial charge in [-0.05, 0) is 44.5 Å². The van der Waals surface area contributed by atoms with Crippen LogP contribution in [-0.4, -0.2) is 65.6 Å². The molecule has 0 amide bonds. The number of carbonyl (C=O) groups excluding carboxylic acids is 1. The molecule has 0 aliphatic carbocycles. The lowest BCUT2D eigenvalue weighted by Crippen LogP contribution is -2.41. The van der Waals surface area contributed by atoms with Crippen LogP contribution in [0.25, 0.3) is 11.0 Å². The van der Waals surface area contributed by atoms with Crippen molar-refractivity contribution in [1.29, 1.82) is 5.26 Å². The van der Waals surface area contributed by atoms with E-state index in [1.165, 1.54) is 0 Å². The predicted octanol–water partition coefficient (Wildman–Crippen LogP) is 2.24. The molecule has 1 aliphatic rings. The molecule has 154 valence electrons. The van der Waals surface area contributed by atoms with Gasteiger partial charge in [-0.25, -0.2) is 0 Å². The Balaban J connectivity index is 1.75. The number of aliphatic hydroxyl groups is 1. The van der Waals surface area contributed by atoms with Crippen molar-refractivity contribution in [3.63, 3.8) is 0 Å². The first kappa shape index (κ1) is 21.2. The molecule has 0 saturated carbocycles. The third-order valence-electron chi connectivity index (χ3n) is 5.37. The van der Waals surface area contributed by atoms with Gasteiger partial charge in [0.25, 0.3) is 0 Å². The molecule has 0 spiro atoms. The van der Waals surface area contributed by atoms with Crippen LogP contribution < -0.4 is 4.90 Å². The molecule has 0 radical (unpaired) electrons. The van der Waals surface area contributed by atoms with Crippen LogP contribution in [0.1, 0.15) is 31.7 Å². The molecule has 7 nitrogen and oxygen atoms in total. The molecular formula is C22H29N5O2. The van der Waals surface area contributed by atoms with Crippen LogP contribution in [0.15, 0.2) is 24.5 Å². The first-order valence-corrected chi connectivity index (χ1v) is 10.1. The first-order valence-electron chi connectivity index (χ1n) is 10.1. The summed E-state index contributed by atoms with van der Waals surface area (Å²) in [5.74, 6) is 0.790. The number of hydrogen-bond donors (Lipinski definition) is 1. The van der Waals surface area contributed by atoms with Crippen LogP contribution >= 0.6 is 0 Å². The van der Waals surface area contributed by atoms with E-state index in [1.54, 1.807) is 18.5 Å². The summed E-state index contributed by atoms with van der Waals surface area (Å²) in [4.78, 5) is 25.5. The molecule has 1 aromatic heterocycles. The number of aliphatic hydroxyl groups excluding tert-OH is 1. The number of Topliss-reactive ketones (excluding diaryl/α,β-unsaturated/α-hetero) is 1. The zero-order valence-electron chi connectivity index (χ0n) is 17.4. The largest absolute Gasteiger partial charge is 0.391 e. The van der Waals surface area contributed by atoms with Gasteiger partial charge in [0, 0.05) is 44.9 Å². The van der Waals surface area contributed by atoms with Crippen molar-refractivity contribution < 1.29 is 9.90 Å². The summed E-state index contributed by atoms with van der Waals surface area (Å²) in [5.41, 5.74) is 2.82. The second-order valence-corrected chi connectivity index (χ2v) is 8.47. The van der Waals surface area contributed by atoms with E-state index < -0.39 is 6.10 Å². The Morgan fingerprint density at radius 1 is 1.31 bits per heavy atom. The Kier molecular flexibility index (Phi) is 6.78. The van der Waals surface area contributed by atoms with E-state index >= 15 is 0 Å². The monoisotopic (exact) mass is 395 g/mol. The van der Waals surface area contributed by atoms with Gasteiger partial charge in [0.15, 0.2) is 0 Å². The van der Waals surface area contributed by atoms with Crippen LogP contribution in [-0.2, 0) is 4.79 Å². The van der Waals surface area contributed by atoms with Crippen molar-refractivity contribution >= 4 is 22.5 Å². The highest BCUT2D eigenvalue weighted by Crippen LogP contribution is 2.33. The van der Waals surface area contributed by atoms with E-state index in [4.69, 9.17) is 0 Å². The van der Waals surface area contributed by atoms with E-state index in [-0.39, 0.29) is 18.1 Å². The smallest absolute Gasteiger partial charge is 0.135 e. The molecule has 2 heterocycles. The molecule has 2 aromatic rings. The Morgan fingerprint density at radius 3 is 2.72 bits per heavy atom.